The Balaban J connectivity index is 0.000000174. The number of nitrogens with one attached hydrogen (secondary N) is 3. The molecule has 0 saturated carbocycles. The van der Waals surface area contributed by atoms with Crippen LogP contribution in [0.15, 0.2) is 121 Å². The summed E-state index contributed by atoms with van der Waals surface area (Å²) in [5.74, 6) is 0. The molecule has 0 unspecified atom stereocenters. The van der Waals surface area contributed by atoms with Crippen molar-refractivity contribution in [3.63, 3.8) is 0 Å². The molecule has 6 aromatic carbocycles. The largest absolute Gasteiger partial charge is 0.456 e. The van der Waals surface area contributed by atoms with Gasteiger partial charge in [-0.2, -0.15) is 9.97 Å². The smallest absolute Gasteiger partial charge is 0.295 e. The summed E-state index contributed by atoms with van der Waals surface area (Å²) in [6.45, 7) is -0.125. The number of H-pyrrole nitrogens is 2. The molecule has 0 aliphatic carbocycles. The number of nitrogens with zero attached hydrogens (tertiary/aromatic N) is 2. The van der Waals surface area contributed by atoms with Crippen molar-refractivity contribution in [1.29, 1.82) is 0 Å². The van der Waals surface area contributed by atoms with Gasteiger partial charge >= 0.3 is 0 Å². The third-order valence-electron chi connectivity index (χ3n) is 16.2. The molecule has 27 heteroatoms. The van der Waals surface area contributed by atoms with Gasteiger partial charge in [-0.25, -0.2) is 0 Å². The van der Waals surface area contributed by atoms with Gasteiger partial charge in [0, 0.05) is 36.3 Å². The predicted octanol–water partition coefficient (Wildman–Crippen LogP) is 1.63. The number of benzene rings is 6. The molecule has 91 heavy (non-hydrogen) atoms. The van der Waals surface area contributed by atoms with Gasteiger partial charge in [0.2, 0.25) is 0 Å². The number of rotatable bonds is 22. The van der Waals surface area contributed by atoms with E-state index in [1.165, 1.54) is 0 Å². The van der Waals surface area contributed by atoms with Gasteiger partial charge in [0.05, 0.1) is 84.0 Å². The van der Waals surface area contributed by atoms with Crippen molar-refractivity contribution >= 4 is 51.6 Å². The van der Waals surface area contributed by atoms with Crippen molar-refractivity contribution in [1.82, 2.24) is 25.3 Å². The van der Waals surface area contributed by atoms with Gasteiger partial charge in [-0.15, -0.1) is 0 Å². The molecule has 16 atom stereocenters. The Labute approximate surface area is 530 Å². The lowest BCUT2D eigenvalue weighted by Gasteiger charge is -2.25. The average Bonchev–Trinajstić information content (AvgIpc) is 1.93. The number of carbonyl (C=O) groups excluding carboxylic acids is 1. The van der Waals surface area contributed by atoms with Crippen molar-refractivity contribution in [3.8, 4) is 56.5 Å². The Morgan fingerprint density at radius 2 is 0.901 bits per heavy atom. The number of carbonyl (C=O) groups is 1. The second-order valence-electron chi connectivity index (χ2n) is 22.5. The van der Waals surface area contributed by atoms with E-state index in [-0.39, 0.29) is 62.9 Å². The number of halogens is 2. The molecule has 6 heterocycles. The first-order valence-electron chi connectivity index (χ1n) is 29.3. The first kappa shape index (κ1) is 67.3. The Morgan fingerprint density at radius 3 is 1.31 bits per heavy atom. The summed E-state index contributed by atoms with van der Waals surface area (Å²) in [5.41, 5.74) is 17.2. The molecular weight excluding hydrogens is 1230 g/mol. The van der Waals surface area contributed by atoms with E-state index in [0.717, 1.165) is 72.9 Å². The zero-order valence-electron chi connectivity index (χ0n) is 48.7. The van der Waals surface area contributed by atoms with Gasteiger partial charge in [0.1, 0.15) is 79.5 Å². The molecule has 4 saturated heterocycles. The first-order chi connectivity index (χ1) is 43.8. The van der Waals surface area contributed by atoms with Crippen molar-refractivity contribution < 1.29 is 94.5 Å². The van der Waals surface area contributed by atoms with Gasteiger partial charge in [-0.3, -0.25) is 4.79 Å². The minimum Gasteiger partial charge on any atom is -0.456 e. The molecular formula is C64H72Cl2N6O19. The first-order valence-corrected chi connectivity index (χ1v) is 30.1. The zero-order chi connectivity index (χ0) is 64.6. The lowest BCUT2D eigenvalue weighted by Crippen LogP contribution is -2.48. The van der Waals surface area contributed by atoms with Gasteiger partial charge in [0.25, 0.3) is 12.0 Å². The van der Waals surface area contributed by atoms with Crippen LogP contribution in [0.3, 0.4) is 0 Å². The molecule has 17 N–H and O–H groups in total. The SMILES string of the molecule is NC[C@H](O)[C@@H](O)[C@H](O)[C@H](O)CO.O=Cc1ccc(-c2ccc(-c3cc4nc(O[C@@H]5CO[C@H]6[C@@H]5OC[C@H]6O)[nH]c4cc3Cl)cc2)cc1.OC[C@@H](O)[C@@H](O)[C@H](O)[C@@H](O)CNCc1ccc(-c2ccc(-c3cc4nc(O[C@@H]5CO[C@H]6[C@@H]5OC[C@H]6O)[nH]c4cc3Cl)cc2)cc1. The standard InChI is InChI=1S/C32H36ClN3O9.C26H21ClN2O5.C6H15NO5/c33-21-10-23-22(35-32(36-23)45-27-15-44-30-26(40)14-43-31(27)30)9-20(21)19-7-5-18(6-8-19)17-3-1-16(2-4-17)11-34-12-24(38)28(41)29(42)25(39)13-37;27-19-10-21-20(28-26(29-21)34-23-13-33-24-22(31)12-32-25(23)24)9-18(19)17-7-5-16(6-8-17)15-3-1-14(11-30)2-4-15;7-1-3(9)5(11)6(12)4(10)2-8/h1-10,24-31,34,37-42H,11-15H2,(H,35,36);1-11,22-25,31H,12-13H2,(H,28,29);3-6,8-12H,1-2,7H2/t24-,25+,26+,27+,28+,29+,30+,31+;22-,23-,24-,25-;3-,4+,5+,6+/m010/s1. The highest BCUT2D eigenvalue weighted by Gasteiger charge is 2.50. The topological polar surface area (TPSA) is 411 Å². The average molecular weight is 1300 g/mol. The molecule has 12 rings (SSSR count). The van der Waals surface area contributed by atoms with E-state index in [4.69, 9.17) is 88.0 Å². The van der Waals surface area contributed by atoms with E-state index in [1.807, 2.05) is 109 Å². The molecule has 0 amide bonds. The number of ether oxygens (including phenoxy) is 6. The maximum atomic E-state index is 10.9. The van der Waals surface area contributed by atoms with Crippen LogP contribution < -0.4 is 20.5 Å². The highest BCUT2D eigenvalue weighted by Crippen LogP contribution is 2.38. The van der Waals surface area contributed by atoms with Crippen molar-refractivity contribution in [3.05, 3.63) is 142 Å². The summed E-state index contributed by atoms with van der Waals surface area (Å²) in [6.07, 6.45) is -14.6. The molecule has 2 aromatic heterocycles. The van der Waals surface area contributed by atoms with Crippen molar-refractivity contribution in [2.45, 2.75) is 104 Å². The Hall–Kier alpha value is -6.61. The number of nitrogens with two attached hydrogens (primary N) is 1. The summed E-state index contributed by atoms with van der Waals surface area (Å²) in [5, 5.41) is 116. The van der Waals surface area contributed by atoms with E-state index in [9.17, 15) is 35.4 Å². The maximum absolute atomic E-state index is 10.9. The fraction of sp³-hybridized carbons (Fsp3) is 0.391. The second-order valence-corrected chi connectivity index (χ2v) is 23.3. The molecule has 4 aliphatic heterocycles. The number of hydrogen-bond acceptors (Lipinski definition) is 23. The summed E-state index contributed by atoms with van der Waals surface area (Å²) in [4.78, 5) is 26.4. The number of imidazole rings is 2. The number of aromatic nitrogens is 4. The minimum absolute atomic E-state index is 0.0170. The fourth-order valence-electron chi connectivity index (χ4n) is 10.9. The number of aromatic amines is 2. The van der Waals surface area contributed by atoms with E-state index in [2.05, 4.69) is 25.3 Å². The van der Waals surface area contributed by atoms with Crippen molar-refractivity contribution in [2.24, 2.45) is 5.73 Å². The van der Waals surface area contributed by atoms with Crippen LogP contribution in [-0.2, 0) is 25.5 Å². The highest BCUT2D eigenvalue weighted by molar-refractivity contribution is 6.34. The molecule has 0 spiro atoms. The molecule has 0 bridgehead atoms. The van der Waals surface area contributed by atoms with Crippen LogP contribution in [0.5, 0.6) is 12.0 Å². The fourth-order valence-corrected chi connectivity index (χ4v) is 11.5. The Bertz CT molecular complexity index is 3650. The van der Waals surface area contributed by atoms with Gasteiger partial charge in [-0.1, -0.05) is 120 Å². The van der Waals surface area contributed by atoms with Gasteiger partial charge < -0.3 is 111 Å². The second kappa shape index (κ2) is 30.4. The van der Waals surface area contributed by atoms with Crippen molar-refractivity contribution in [2.75, 3.05) is 52.7 Å². The normalized spacial score (nSPS) is 23.6. The number of aldehydes is 1. The molecule has 8 aromatic rings. The third-order valence-corrected chi connectivity index (χ3v) is 16.8. The molecule has 4 fully saturated rings. The Morgan fingerprint density at radius 1 is 0.527 bits per heavy atom. The number of fused-ring (bicyclic) bond motifs is 4. The predicted molar refractivity (Wildman–Crippen MR) is 332 cm³/mol. The summed E-state index contributed by atoms with van der Waals surface area (Å²) in [6, 6.07) is 39.6. The highest BCUT2D eigenvalue weighted by atomic mass is 35.5. The monoisotopic (exact) mass is 1300 g/mol. The van der Waals surface area contributed by atoms with E-state index in [1.54, 1.807) is 12.1 Å². The van der Waals surface area contributed by atoms with E-state index < -0.39 is 74.3 Å². The quantitative estimate of drug-likeness (QED) is 0.0429. The number of hydrogen-bond donors (Lipinski definition) is 16. The lowest BCUT2D eigenvalue weighted by molar-refractivity contribution is -0.114. The van der Waals surface area contributed by atoms with Crippen LogP contribution in [0, 0.1) is 0 Å². The summed E-state index contributed by atoms with van der Waals surface area (Å²) in [7, 11) is 0. The lowest BCUT2D eigenvalue weighted by atomic mass is 9.99. The molecule has 25 nitrogen and oxygen atoms in total. The molecule has 486 valence electrons. The molecule has 0 radical (unpaired) electrons. The number of aliphatic hydroxyl groups excluding tert-OH is 12. The zero-order valence-corrected chi connectivity index (χ0v) is 50.2. The van der Waals surface area contributed by atoms with E-state index in [0.29, 0.717) is 52.9 Å². The van der Waals surface area contributed by atoms with Crippen LogP contribution in [-0.4, -0.2) is 238 Å². The summed E-state index contributed by atoms with van der Waals surface area (Å²) >= 11 is 13.3. The minimum atomic E-state index is -1.65. The van der Waals surface area contributed by atoms with Crippen LogP contribution in [0.25, 0.3) is 66.6 Å². The number of aliphatic hydroxyl groups is 12. The van der Waals surface area contributed by atoms with Gasteiger partial charge in [-0.05, 0) is 63.2 Å². The Kier molecular flexibility index (Phi) is 22.5. The van der Waals surface area contributed by atoms with Gasteiger partial charge in [0.15, 0.2) is 12.2 Å². The van der Waals surface area contributed by atoms with Crippen LogP contribution >= 0.6 is 23.2 Å². The third kappa shape index (κ3) is 15.7. The molecule has 4 aliphatic rings. The summed E-state index contributed by atoms with van der Waals surface area (Å²) < 4.78 is 34.5. The van der Waals surface area contributed by atoms with Crippen LogP contribution in [0.4, 0.5) is 0 Å². The van der Waals surface area contributed by atoms with Crippen LogP contribution in [0.1, 0.15) is 15.9 Å². The maximum Gasteiger partial charge on any atom is 0.295 e. The van der Waals surface area contributed by atoms with E-state index >= 15 is 0 Å². The van der Waals surface area contributed by atoms with Crippen LogP contribution in [0.2, 0.25) is 10.0 Å².